The molecule has 0 heterocycles. The van der Waals surface area contributed by atoms with E-state index in [1.807, 2.05) is 38.4 Å². The Bertz CT molecular complexity index is 497. The first-order valence-corrected chi connectivity index (χ1v) is 7.02. The fourth-order valence-corrected chi connectivity index (χ4v) is 2.31. The van der Waals surface area contributed by atoms with Crippen molar-refractivity contribution >= 4 is 5.91 Å². The minimum Gasteiger partial charge on any atom is -0.484 e. The third kappa shape index (κ3) is 3.84. The molecule has 0 saturated heterocycles. The molecular weight excluding hydrogens is 252 g/mol. The molecule has 0 aromatic heterocycles. The summed E-state index contributed by atoms with van der Waals surface area (Å²) in [6.07, 6.45) is 5.32. The molecule has 0 radical (unpaired) electrons. The number of likely N-dealkylation sites (N-methyl/N-ethyl adjacent to an activating group) is 1. The van der Waals surface area contributed by atoms with Crippen molar-refractivity contribution in [3.8, 4) is 5.75 Å². The highest BCUT2D eigenvalue weighted by Gasteiger charge is 2.16. The van der Waals surface area contributed by atoms with Crippen LogP contribution in [0.5, 0.6) is 5.75 Å². The molecule has 1 amide bonds. The van der Waals surface area contributed by atoms with Crippen LogP contribution in [-0.2, 0) is 11.3 Å². The molecule has 0 spiro atoms. The quantitative estimate of drug-likeness (QED) is 0.865. The molecule has 4 heteroatoms. The summed E-state index contributed by atoms with van der Waals surface area (Å²) in [6.45, 7) is 0.870. The average Bonchev–Trinajstić information content (AvgIpc) is 2.99. The lowest BCUT2D eigenvalue weighted by Crippen LogP contribution is -2.30. The van der Waals surface area contributed by atoms with Crippen LogP contribution in [0.15, 0.2) is 36.0 Å². The number of allylic oxidation sites excluding steroid dienone is 2. The van der Waals surface area contributed by atoms with Crippen LogP contribution in [0.2, 0.25) is 0 Å². The van der Waals surface area contributed by atoms with Crippen LogP contribution in [0.3, 0.4) is 0 Å². The number of carbonyl (C=O) groups excluding carboxylic acids is 1. The number of rotatable bonds is 6. The molecule has 0 unspecified atom stereocenters. The highest BCUT2D eigenvalue weighted by molar-refractivity contribution is 5.79. The molecule has 1 aromatic carbocycles. The smallest absolute Gasteiger partial charge is 0.264 e. The van der Waals surface area contributed by atoms with Gasteiger partial charge in [-0.1, -0.05) is 18.2 Å². The minimum absolute atomic E-state index is 0.00262. The summed E-state index contributed by atoms with van der Waals surface area (Å²) in [4.78, 5) is 13.8. The van der Waals surface area contributed by atoms with Gasteiger partial charge in [0.1, 0.15) is 5.75 Å². The number of nitrogens with one attached hydrogen (secondary N) is 1. The summed E-state index contributed by atoms with van der Waals surface area (Å²) in [5.41, 5.74) is 2.26. The Balaban J connectivity index is 1.88. The summed E-state index contributed by atoms with van der Waals surface area (Å²) in [7, 11) is 3.72. The molecule has 0 aliphatic heterocycles. The van der Waals surface area contributed by atoms with Gasteiger partial charge in [0.05, 0.1) is 0 Å². The number of hydrogen-bond donors (Lipinski definition) is 1. The number of ether oxygens (including phenoxy) is 1. The van der Waals surface area contributed by atoms with E-state index in [1.54, 1.807) is 4.90 Å². The molecule has 1 N–H and O–H groups in total. The number of amides is 1. The van der Waals surface area contributed by atoms with Gasteiger partial charge in [-0.2, -0.15) is 0 Å². The SMILES string of the molecule is CNCc1cccc(OCC(=O)N(C)C2=CCCC2)c1. The zero-order chi connectivity index (χ0) is 14.4. The zero-order valence-electron chi connectivity index (χ0n) is 12.2. The fraction of sp³-hybridized carbons (Fsp3) is 0.438. The Morgan fingerprint density at radius 2 is 2.30 bits per heavy atom. The van der Waals surface area contributed by atoms with E-state index in [1.165, 1.54) is 0 Å². The molecule has 2 rings (SSSR count). The zero-order valence-corrected chi connectivity index (χ0v) is 12.2. The Labute approximate surface area is 120 Å². The van der Waals surface area contributed by atoms with Crippen LogP contribution < -0.4 is 10.1 Å². The average molecular weight is 274 g/mol. The van der Waals surface area contributed by atoms with Crippen molar-refractivity contribution in [2.24, 2.45) is 0 Å². The van der Waals surface area contributed by atoms with Gasteiger partial charge in [0.25, 0.3) is 5.91 Å². The summed E-state index contributed by atoms with van der Waals surface area (Å²) in [5.74, 6) is 0.733. The van der Waals surface area contributed by atoms with E-state index in [-0.39, 0.29) is 12.5 Å². The number of carbonyl (C=O) groups is 1. The Morgan fingerprint density at radius 3 is 3.00 bits per heavy atom. The maximum Gasteiger partial charge on any atom is 0.264 e. The molecule has 20 heavy (non-hydrogen) atoms. The molecule has 0 saturated carbocycles. The molecule has 1 aliphatic carbocycles. The van der Waals surface area contributed by atoms with Gasteiger partial charge in [-0.15, -0.1) is 0 Å². The lowest BCUT2D eigenvalue weighted by molar-refractivity contribution is -0.130. The molecule has 1 aromatic rings. The van der Waals surface area contributed by atoms with Gasteiger partial charge < -0.3 is 15.0 Å². The third-order valence-corrected chi connectivity index (χ3v) is 3.46. The number of benzene rings is 1. The highest BCUT2D eigenvalue weighted by Crippen LogP contribution is 2.20. The summed E-state index contributed by atoms with van der Waals surface area (Å²) in [6, 6.07) is 7.80. The Hall–Kier alpha value is -1.81. The van der Waals surface area contributed by atoms with Crippen LogP contribution in [0.4, 0.5) is 0 Å². The first-order valence-electron chi connectivity index (χ1n) is 7.02. The molecule has 0 fully saturated rings. The van der Waals surface area contributed by atoms with E-state index in [0.29, 0.717) is 0 Å². The maximum absolute atomic E-state index is 12.1. The third-order valence-electron chi connectivity index (χ3n) is 3.46. The van der Waals surface area contributed by atoms with Crippen molar-refractivity contribution in [1.82, 2.24) is 10.2 Å². The highest BCUT2D eigenvalue weighted by atomic mass is 16.5. The summed E-state index contributed by atoms with van der Waals surface area (Å²) >= 11 is 0. The van der Waals surface area contributed by atoms with Crippen molar-refractivity contribution < 1.29 is 9.53 Å². The molecule has 1 aliphatic rings. The largest absolute Gasteiger partial charge is 0.484 e. The summed E-state index contributed by atoms with van der Waals surface area (Å²) in [5, 5.41) is 3.09. The maximum atomic E-state index is 12.1. The van der Waals surface area contributed by atoms with E-state index in [0.717, 1.165) is 42.8 Å². The number of hydrogen-bond acceptors (Lipinski definition) is 3. The van der Waals surface area contributed by atoms with Crippen molar-refractivity contribution in [1.29, 1.82) is 0 Å². The predicted octanol–water partition coefficient (Wildman–Crippen LogP) is 2.31. The standard InChI is InChI=1S/C16H22N2O2/c1-17-11-13-6-5-9-15(10-13)20-12-16(19)18(2)14-7-3-4-8-14/h5-7,9-10,17H,3-4,8,11-12H2,1-2H3. The second kappa shape index (κ2) is 7.10. The molecule has 0 bridgehead atoms. The van der Waals surface area contributed by atoms with E-state index < -0.39 is 0 Å². The predicted molar refractivity (Wildman–Crippen MR) is 79.4 cm³/mol. The number of nitrogens with zero attached hydrogens (tertiary/aromatic N) is 1. The van der Waals surface area contributed by atoms with Crippen LogP contribution >= 0.6 is 0 Å². The van der Waals surface area contributed by atoms with Crippen molar-refractivity contribution in [2.75, 3.05) is 20.7 Å². The molecule has 108 valence electrons. The van der Waals surface area contributed by atoms with Gasteiger partial charge >= 0.3 is 0 Å². The second-order valence-electron chi connectivity index (χ2n) is 5.01. The first-order chi connectivity index (χ1) is 9.70. The van der Waals surface area contributed by atoms with Gasteiger partial charge in [-0.3, -0.25) is 4.79 Å². The van der Waals surface area contributed by atoms with Crippen LogP contribution in [0.1, 0.15) is 24.8 Å². The Kier molecular flexibility index (Phi) is 5.18. The van der Waals surface area contributed by atoms with E-state index in [2.05, 4.69) is 11.4 Å². The van der Waals surface area contributed by atoms with Crippen molar-refractivity contribution in [3.63, 3.8) is 0 Å². The van der Waals surface area contributed by atoms with Crippen molar-refractivity contribution in [3.05, 3.63) is 41.6 Å². The van der Waals surface area contributed by atoms with Crippen molar-refractivity contribution in [2.45, 2.75) is 25.8 Å². The van der Waals surface area contributed by atoms with Gasteiger partial charge in [-0.25, -0.2) is 0 Å². The van der Waals surface area contributed by atoms with E-state index in [9.17, 15) is 4.79 Å². The van der Waals surface area contributed by atoms with Gasteiger partial charge in [0.15, 0.2) is 6.61 Å². The molecule has 4 nitrogen and oxygen atoms in total. The minimum atomic E-state index is -0.00262. The van der Waals surface area contributed by atoms with Gasteiger partial charge in [0.2, 0.25) is 0 Å². The van der Waals surface area contributed by atoms with E-state index >= 15 is 0 Å². The van der Waals surface area contributed by atoms with Gasteiger partial charge in [0, 0.05) is 19.3 Å². The normalized spacial score (nSPS) is 14.0. The monoisotopic (exact) mass is 274 g/mol. The van der Waals surface area contributed by atoms with Crippen LogP contribution in [0, 0.1) is 0 Å². The topological polar surface area (TPSA) is 41.6 Å². The second-order valence-corrected chi connectivity index (χ2v) is 5.01. The summed E-state index contributed by atoms with van der Waals surface area (Å²) < 4.78 is 5.59. The fourth-order valence-electron chi connectivity index (χ4n) is 2.31. The van der Waals surface area contributed by atoms with E-state index in [4.69, 9.17) is 4.74 Å². The lowest BCUT2D eigenvalue weighted by Gasteiger charge is -2.18. The first kappa shape index (κ1) is 14.6. The van der Waals surface area contributed by atoms with Crippen LogP contribution in [-0.4, -0.2) is 31.5 Å². The molecular formula is C16H22N2O2. The molecule has 0 atom stereocenters. The van der Waals surface area contributed by atoms with Crippen LogP contribution in [0.25, 0.3) is 0 Å². The lowest BCUT2D eigenvalue weighted by atomic mass is 10.2. The Morgan fingerprint density at radius 1 is 1.45 bits per heavy atom. The van der Waals surface area contributed by atoms with Gasteiger partial charge in [-0.05, 0) is 44.0 Å².